The standard InChI is InChI=1S/C28H23Cl2N3O4/c1-16-26-22(32-33-25(34)15-36-23-13-12-18(29)14-20(23)30)10-5-11-24(26)37-27(16)28(35)31-21-9-4-7-17-6-2-3-8-19(17)21/h2-4,6-9,12-14H,5,10-11,15H2,1H3,(H,31,35)(H,33,34)/b32-22+. The molecule has 1 aliphatic carbocycles. The first-order valence-electron chi connectivity index (χ1n) is 11.8. The second kappa shape index (κ2) is 10.7. The van der Waals surface area contributed by atoms with Gasteiger partial charge in [0, 0.05) is 33.6 Å². The minimum absolute atomic E-state index is 0.236. The number of hydrogen-bond acceptors (Lipinski definition) is 5. The highest BCUT2D eigenvalue weighted by molar-refractivity contribution is 6.35. The highest BCUT2D eigenvalue weighted by Crippen LogP contribution is 2.31. The fraction of sp³-hybridized carbons (Fsp3) is 0.179. The van der Waals surface area contributed by atoms with Crippen LogP contribution in [0.3, 0.4) is 0 Å². The third-order valence-corrected chi connectivity index (χ3v) is 6.67. The van der Waals surface area contributed by atoms with Gasteiger partial charge in [-0.1, -0.05) is 59.6 Å². The summed E-state index contributed by atoms with van der Waals surface area (Å²) in [6.45, 7) is 1.56. The van der Waals surface area contributed by atoms with Gasteiger partial charge in [-0.05, 0) is 49.4 Å². The van der Waals surface area contributed by atoms with Crippen LogP contribution in [0.5, 0.6) is 5.75 Å². The molecule has 0 saturated carbocycles. The lowest BCUT2D eigenvalue weighted by Crippen LogP contribution is -2.27. The summed E-state index contributed by atoms with van der Waals surface area (Å²) < 4.78 is 11.5. The number of anilines is 1. The second-order valence-corrected chi connectivity index (χ2v) is 9.49. The number of aryl methyl sites for hydroxylation is 1. The fourth-order valence-corrected chi connectivity index (χ4v) is 4.87. The molecule has 0 bridgehead atoms. The van der Waals surface area contributed by atoms with Crippen LogP contribution in [-0.2, 0) is 11.2 Å². The first-order valence-corrected chi connectivity index (χ1v) is 12.5. The number of hydrazone groups is 1. The smallest absolute Gasteiger partial charge is 0.291 e. The number of fused-ring (bicyclic) bond motifs is 2. The molecule has 0 saturated heterocycles. The number of ether oxygens (including phenoxy) is 1. The number of amides is 2. The van der Waals surface area contributed by atoms with Gasteiger partial charge in [-0.25, -0.2) is 5.43 Å². The number of benzene rings is 3. The Kier molecular flexibility index (Phi) is 7.17. The van der Waals surface area contributed by atoms with Crippen molar-refractivity contribution in [1.82, 2.24) is 5.43 Å². The van der Waals surface area contributed by atoms with E-state index < -0.39 is 5.91 Å². The predicted octanol–water partition coefficient (Wildman–Crippen LogP) is 6.54. The molecule has 0 atom stereocenters. The van der Waals surface area contributed by atoms with Gasteiger partial charge in [-0.2, -0.15) is 5.10 Å². The van der Waals surface area contributed by atoms with Crippen LogP contribution in [0.25, 0.3) is 10.8 Å². The van der Waals surface area contributed by atoms with Gasteiger partial charge < -0.3 is 14.5 Å². The van der Waals surface area contributed by atoms with Gasteiger partial charge in [-0.15, -0.1) is 0 Å². The van der Waals surface area contributed by atoms with Crippen LogP contribution in [0.4, 0.5) is 5.69 Å². The molecule has 2 N–H and O–H groups in total. The van der Waals surface area contributed by atoms with Crippen LogP contribution in [0.2, 0.25) is 10.0 Å². The maximum atomic E-state index is 13.2. The molecule has 9 heteroatoms. The Labute approximate surface area is 223 Å². The van der Waals surface area contributed by atoms with E-state index in [9.17, 15) is 9.59 Å². The monoisotopic (exact) mass is 535 g/mol. The number of carbonyl (C=O) groups excluding carboxylic acids is 2. The topological polar surface area (TPSA) is 92.9 Å². The molecule has 1 aliphatic rings. The van der Waals surface area contributed by atoms with Crippen molar-refractivity contribution in [3.05, 3.63) is 93.4 Å². The Morgan fingerprint density at radius 2 is 1.86 bits per heavy atom. The lowest BCUT2D eigenvalue weighted by Gasteiger charge is -2.13. The molecule has 0 fully saturated rings. The summed E-state index contributed by atoms with van der Waals surface area (Å²) in [5.74, 6) is 0.491. The molecule has 0 radical (unpaired) electrons. The highest BCUT2D eigenvalue weighted by Gasteiger charge is 2.28. The van der Waals surface area contributed by atoms with Crippen molar-refractivity contribution in [3.8, 4) is 5.75 Å². The summed E-state index contributed by atoms with van der Waals surface area (Å²) >= 11 is 12.0. The van der Waals surface area contributed by atoms with Gasteiger partial charge in [0.15, 0.2) is 12.4 Å². The normalized spacial score (nSPS) is 13.9. The Balaban J connectivity index is 1.31. The SMILES string of the molecule is Cc1c(C(=O)Nc2cccc3ccccc23)oc2c1/C(=N/NC(=O)COc1ccc(Cl)cc1Cl)CCC2. The molecule has 0 unspecified atom stereocenters. The van der Waals surface area contributed by atoms with E-state index in [2.05, 4.69) is 15.8 Å². The van der Waals surface area contributed by atoms with Gasteiger partial charge in [0.05, 0.1) is 10.7 Å². The van der Waals surface area contributed by atoms with Gasteiger partial charge >= 0.3 is 0 Å². The van der Waals surface area contributed by atoms with E-state index in [-0.39, 0.29) is 18.3 Å². The first kappa shape index (κ1) is 24.9. The van der Waals surface area contributed by atoms with Crippen LogP contribution < -0.4 is 15.5 Å². The average Bonchev–Trinajstić information content (AvgIpc) is 3.24. The minimum atomic E-state index is -0.444. The van der Waals surface area contributed by atoms with Crippen LogP contribution >= 0.6 is 23.2 Å². The highest BCUT2D eigenvalue weighted by atomic mass is 35.5. The predicted molar refractivity (Wildman–Crippen MR) is 145 cm³/mol. The average molecular weight is 536 g/mol. The summed E-state index contributed by atoms with van der Waals surface area (Å²) in [6.07, 6.45) is 2.11. The lowest BCUT2D eigenvalue weighted by molar-refractivity contribution is -0.123. The maximum absolute atomic E-state index is 13.2. The lowest BCUT2D eigenvalue weighted by atomic mass is 9.93. The van der Waals surface area contributed by atoms with Crippen LogP contribution in [-0.4, -0.2) is 24.1 Å². The Bertz CT molecular complexity index is 1540. The summed E-state index contributed by atoms with van der Waals surface area (Å²) in [4.78, 5) is 25.5. The van der Waals surface area contributed by atoms with E-state index in [1.165, 1.54) is 6.07 Å². The number of halogens is 2. The van der Waals surface area contributed by atoms with Gasteiger partial charge in [0.25, 0.3) is 11.8 Å². The first-order chi connectivity index (χ1) is 17.9. The van der Waals surface area contributed by atoms with Crippen molar-refractivity contribution in [2.75, 3.05) is 11.9 Å². The van der Waals surface area contributed by atoms with Crippen molar-refractivity contribution in [2.24, 2.45) is 5.10 Å². The van der Waals surface area contributed by atoms with E-state index in [0.717, 1.165) is 22.8 Å². The quantitative estimate of drug-likeness (QED) is 0.274. The summed E-state index contributed by atoms with van der Waals surface area (Å²) in [5.41, 5.74) is 5.34. The number of hydrogen-bond donors (Lipinski definition) is 2. The molecule has 3 aromatic carbocycles. The third kappa shape index (κ3) is 5.33. The van der Waals surface area contributed by atoms with Crippen molar-refractivity contribution < 1.29 is 18.7 Å². The Morgan fingerprint density at radius 1 is 1.05 bits per heavy atom. The van der Waals surface area contributed by atoms with Gasteiger partial charge in [-0.3, -0.25) is 9.59 Å². The molecule has 37 heavy (non-hydrogen) atoms. The summed E-state index contributed by atoms with van der Waals surface area (Å²) in [6, 6.07) is 18.4. The van der Waals surface area contributed by atoms with E-state index in [1.54, 1.807) is 12.1 Å². The number of nitrogens with zero attached hydrogens (tertiary/aromatic N) is 1. The van der Waals surface area contributed by atoms with Crippen LogP contribution in [0.1, 0.15) is 40.3 Å². The van der Waals surface area contributed by atoms with E-state index in [0.29, 0.717) is 51.4 Å². The zero-order valence-corrected chi connectivity index (χ0v) is 21.4. The molecule has 1 heterocycles. The van der Waals surface area contributed by atoms with Crippen molar-refractivity contribution in [2.45, 2.75) is 26.2 Å². The molecule has 0 spiro atoms. The number of rotatable bonds is 6. The van der Waals surface area contributed by atoms with Crippen molar-refractivity contribution in [1.29, 1.82) is 0 Å². The summed E-state index contributed by atoms with van der Waals surface area (Å²) in [5, 5.41) is 10.1. The van der Waals surface area contributed by atoms with Gasteiger partial charge in [0.2, 0.25) is 0 Å². The number of furan rings is 1. The molecule has 4 aromatic rings. The molecule has 188 valence electrons. The second-order valence-electron chi connectivity index (χ2n) is 8.65. The molecule has 1 aromatic heterocycles. The molecule has 2 amide bonds. The number of carbonyl (C=O) groups is 2. The maximum Gasteiger partial charge on any atom is 0.291 e. The van der Waals surface area contributed by atoms with Crippen molar-refractivity contribution >= 4 is 57.2 Å². The van der Waals surface area contributed by atoms with Gasteiger partial charge in [0.1, 0.15) is 11.5 Å². The van der Waals surface area contributed by atoms with E-state index in [4.69, 9.17) is 32.4 Å². The minimum Gasteiger partial charge on any atom is -0.482 e. The Morgan fingerprint density at radius 3 is 2.70 bits per heavy atom. The van der Waals surface area contributed by atoms with E-state index in [1.807, 2.05) is 49.4 Å². The summed E-state index contributed by atoms with van der Waals surface area (Å²) in [7, 11) is 0. The molecular weight excluding hydrogens is 513 g/mol. The molecule has 5 rings (SSSR count). The zero-order chi connectivity index (χ0) is 25.9. The van der Waals surface area contributed by atoms with Crippen LogP contribution in [0.15, 0.2) is 70.2 Å². The molecule has 7 nitrogen and oxygen atoms in total. The largest absolute Gasteiger partial charge is 0.482 e. The van der Waals surface area contributed by atoms with Crippen LogP contribution in [0, 0.1) is 6.92 Å². The fourth-order valence-electron chi connectivity index (χ4n) is 4.41. The Hall–Kier alpha value is -3.81. The molecule has 0 aliphatic heterocycles. The van der Waals surface area contributed by atoms with Crippen molar-refractivity contribution in [3.63, 3.8) is 0 Å². The van der Waals surface area contributed by atoms with E-state index >= 15 is 0 Å². The third-order valence-electron chi connectivity index (χ3n) is 6.14. The molecular formula is C28H23Cl2N3O4. The number of nitrogens with one attached hydrogen (secondary N) is 2. The zero-order valence-electron chi connectivity index (χ0n) is 19.9.